The minimum absolute atomic E-state index is 0.145. The van der Waals surface area contributed by atoms with Crippen LogP contribution in [0.15, 0.2) is 181 Å². The fraction of sp³-hybridized carbons (Fsp3) is 0.0233. The van der Waals surface area contributed by atoms with Gasteiger partial charge in [-0.1, -0.05) is 140 Å². The number of nitrogens with one attached hydrogen (secondary N) is 1. The molecule has 0 spiro atoms. The van der Waals surface area contributed by atoms with E-state index in [0.29, 0.717) is 0 Å². The maximum atomic E-state index is 5.26. The van der Waals surface area contributed by atoms with E-state index in [4.69, 9.17) is 4.99 Å². The van der Waals surface area contributed by atoms with Gasteiger partial charge in [0.05, 0.1) is 6.04 Å². The topological polar surface area (TPSA) is 37.3 Å². The number of pyridine rings is 1. The Labute approximate surface area is 269 Å². The van der Waals surface area contributed by atoms with Crippen molar-refractivity contribution in [2.75, 3.05) is 0 Å². The molecule has 6 aromatic carbocycles. The lowest BCUT2D eigenvalue weighted by Gasteiger charge is -2.24. The molecule has 218 valence electrons. The lowest BCUT2D eigenvalue weighted by molar-refractivity contribution is 0.881. The van der Waals surface area contributed by atoms with Gasteiger partial charge in [-0.2, -0.15) is 0 Å². The highest BCUT2D eigenvalue weighted by atomic mass is 15.0. The molecule has 0 amide bonds. The zero-order chi connectivity index (χ0) is 30.7. The van der Waals surface area contributed by atoms with E-state index >= 15 is 0 Å². The normalized spacial score (nSPS) is 14.3. The molecule has 0 aliphatic carbocycles. The molecule has 0 bridgehead atoms. The predicted molar refractivity (Wildman–Crippen MR) is 191 cm³/mol. The minimum atomic E-state index is -0.145. The molecule has 1 aliphatic rings. The van der Waals surface area contributed by atoms with Gasteiger partial charge in [0.15, 0.2) is 0 Å². The van der Waals surface area contributed by atoms with Gasteiger partial charge >= 0.3 is 0 Å². The molecule has 3 heteroatoms. The van der Waals surface area contributed by atoms with E-state index in [2.05, 4.69) is 168 Å². The molecule has 2 heterocycles. The van der Waals surface area contributed by atoms with Crippen LogP contribution in [0.1, 0.15) is 22.7 Å². The third-order valence-corrected chi connectivity index (χ3v) is 8.61. The number of hydrogen-bond donors (Lipinski definition) is 1. The Bertz CT molecular complexity index is 2200. The van der Waals surface area contributed by atoms with E-state index in [9.17, 15) is 0 Å². The van der Waals surface area contributed by atoms with Crippen molar-refractivity contribution >= 4 is 22.3 Å². The molecule has 1 unspecified atom stereocenters. The minimum Gasteiger partial charge on any atom is -0.340 e. The van der Waals surface area contributed by atoms with Gasteiger partial charge in [0.25, 0.3) is 0 Å². The maximum absolute atomic E-state index is 5.26. The summed E-state index contributed by atoms with van der Waals surface area (Å²) in [6, 6.07) is 55.6. The number of fused-ring (bicyclic) bond motifs is 1. The third-order valence-electron chi connectivity index (χ3n) is 8.61. The number of rotatable bonds is 6. The number of aromatic nitrogens is 1. The maximum Gasteiger partial charge on any atom is 0.133 e. The second kappa shape index (κ2) is 12.1. The Morgan fingerprint density at radius 2 is 1.04 bits per heavy atom. The molecule has 0 saturated heterocycles. The molecule has 1 N–H and O–H groups in total. The smallest absolute Gasteiger partial charge is 0.133 e. The van der Waals surface area contributed by atoms with Crippen LogP contribution in [0.2, 0.25) is 0 Å². The Morgan fingerprint density at radius 1 is 0.435 bits per heavy atom. The molecule has 3 nitrogen and oxygen atoms in total. The highest BCUT2D eigenvalue weighted by Gasteiger charge is 2.20. The monoisotopic (exact) mass is 589 g/mol. The number of aliphatic imine (C=N–C) groups is 1. The number of nitrogens with zero attached hydrogens (tertiary/aromatic N) is 2. The molecule has 1 aliphatic heterocycles. The zero-order valence-electron chi connectivity index (χ0n) is 25.2. The van der Waals surface area contributed by atoms with Crippen LogP contribution < -0.4 is 5.32 Å². The average molecular weight is 590 g/mol. The Kier molecular flexibility index (Phi) is 7.26. The zero-order valence-corrected chi connectivity index (χ0v) is 25.2. The summed E-state index contributed by atoms with van der Waals surface area (Å²) in [6.45, 7) is 0. The standard InChI is InChI=1S/C43H31N3/c1-2-8-30(9-3-1)37-12-6-13-39(27-37)42-28-41(34-20-15-33(16-21-34)40-14-7-25-44-29-40)45-43(46-42)35-22-17-32(18-23-35)38-24-19-31-10-4-5-11-36(31)26-38/h1-29,42H,(H,45,46). The molecule has 1 atom stereocenters. The van der Waals surface area contributed by atoms with Crippen LogP contribution >= 0.6 is 0 Å². The predicted octanol–water partition coefficient (Wildman–Crippen LogP) is 10.4. The van der Waals surface area contributed by atoms with Gasteiger partial charge < -0.3 is 5.32 Å². The van der Waals surface area contributed by atoms with Crippen molar-refractivity contribution in [2.45, 2.75) is 6.04 Å². The average Bonchev–Trinajstić information content (AvgIpc) is 3.15. The van der Waals surface area contributed by atoms with Crippen LogP contribution in [0, 0.1) is 0 Å². The summed E-state index contributed by atoms with van der Waals surface area (Å²) < 4.78 is 0. The molecule has 7 aromatic rings. The van der Waals surface area contributed by atoms with E-state index in [1.807, 2.05) is 12.3 Å². The molecule has 0 saturated carbocycles. The lowest BCUT2D eigenvalue weighted by atomic mass is 9.96. The van der Waals surface area contributed by atoms with Crippen molar-refractivity contribution in [3.63, 3.8) is 0 Å². The van der Waals surface area contributed by atoms with Crippen LogP contribution in [0.5, 0.6) is 0 Å². The molecule has 8 rings (SSSR count). The van der Waals surface area contributed by atoms with Crippen molar-refractivity contribution < 1.29 is 0 Å². The lowest BCUT2D eigenvalue weighted by Crippen LogP contribution is -2.27. The number of hydrogen-bond acceptors (Lipinski definition) is 3. The Hall–Kier alpha value is -6.06. The van der Waals surface area contributed by atoms with Gasteiger partial charge in [-0.05, 0) is 79.6 Å². The Morgan fingerprint density at radius 3 is 1.83 bits per heavy atom. The first-order valence-corrected chi connectivity index (χ1v) is 15.6. The summed E-state index contributed by atoms with van der Waals surface area (Å²) in [5.41, 5.74) is 11.3. The second-order valence-electron chi connectivity index (χ2n) is 11.6. The summed E-state index contributed by atoms with van der Waals surface area (Å²) in [7, 11) is 0. The van der Waals surface area contributed by atoms with Crippen molar-refractivity contribution in [2.24, 2.45) is 4.99 Å². The van der Waals surface area contributed by atoms with Gasteiger partial charge in [0, 0.05) is 23.7 Å². The van der Waals surface area contributed by atoms with Crippen LogP contribution in [0.4, 0.5) is 0 Å². The SMILES string of the molecule is C1=C(c2ccc(-c3cccnc3)cc2)NC(c2ccc(-c3ccc4ccccc4c3)cc2)=NC1c1cccc(-c2ccccc2)c1. The quantitative estimate of drug-likeness (QED) is 0.210. The Balaban J connectivity index is 1.15. The van der Waals surface area contributed by atoms with Gasteiger partial charge in [-0.25, -0.2) is 0 Å². The largest absolute Gasteiger partial charge is 0.340 e. The highest BCUT2D eigenvalue weighted by molar-refractivity contribution is 6.05. The first-order chi connectivity index (χ1) is 22.8. The molecule has 0 fully saturated rings. The van der Waals surface area contributed by atoms with Gasteiger partial charge in [0.2, 0.25) is 0 Å². The number of benzene rings is 6. The second-order valence-corrected chi connectivity index (χ2v) is 11.6. The molecule has 46 heavy (non-hydrogen) atoms. The van der Waals surface area contributed by atoms with Crippen LogP contribution in [0.3, 0.4) is 0 Å². The van der Waals surface area contributed by atoms with Crippen molar-refractivity contribution in [3.8, 4) is 33.4 Å². The van der Waals surface area contributed by atoms with E-state index < -0.39 is 0 Å². The van der Waals surface area contributed by atoms with E-state index in [-0.39, 0.29) is 6.04 Å². The van der Waals surface area contributed by atoms with Gasteiger partial charge in [0.1, 0.15) is 5.84 Å². The van der Waals surface area contributed by atoms with Crippen LogP contribution in [-0.2, 0) is 0 Å². The summed E-state index contributed by atoms with van der Waals surface area (Å²) >= 11 is 0. The summed E-state index contributed by atoms with van der Waals surface area (Å²) in [5, 5.41) is 6.17. The van der Waals surface area contributed by atoms with Crippen molar-refractivity contribution in [1.82, 2.24) is 10.3 Å². The summed E-state index contributed by atoms with van der Waals surface area (Å²) in [5.74, 6) is 0.856. The van der Waals surface area contributed by atoms with Crippen molar-refractivity contribution in [3.05, 3.63) is 193 Å². The summed E-state index contributed by atoms with van der Waals surface area (Å²) in [4.78, 5) is 9.55. The summed E-state index contributed by atoms with van der Waals surface area (Å²) in [6.07, 6.45) is 5.93. The third kappa shape index (κ3) is 5.62. The number of amidine groups is 1. The fourth-order valence-electron chi connectivity index (χ4n) is 6.12. The molecule has 0 radical (unpaired) electrons. The van der Waals surface area contributed by atoms with Gasteiger partial charge in [-0.15, -0.1) is 0 Å². The molecule has 1 aromatic heterocycles. The first-order valence-electron chi connectivity index (χ1n) is 15.6. The first kappa shape index (κ1) is 27.5. The van der Waals surface area contributed by atoms with E-state index in [1.54, 1.807) is 6.20 Å². The highest BCUT2D eigenvalue weighted by Crippen LogP contribution is 2.32. The van der Waals surface area contributed by atoms with Crippen LogP contribution in [0.25, 0.3) is 49.9 Å². The molecular formula is C43H31N3. The van der Waals surface area contributed by atoms with Gasteiger partial charge in [-0.3, -0.25) is 9.98 Å². The van der Waals surface area contributed by atoms with E-state index in [1.165, 1.54) is 33.0 Å². The van der Waals surface area contributed by atoms with Crippen molar-refractivity contribution in [1.29, 1.82) is 0 Å². The van der Waals surface area contributed by atoms with Crippen LogP contribution in [-0.4, -0.2) is 10.8 Å². The van der Waals surface area contributed by atoms with E-state index in [0.717, 1.165) is 39.3 Å². The molecular weight excluding hydrogens is 558 g/mol. The fourth-order valence-corrected chi connectivity index (χ4v) is 6.12.